The number of hydrogen-bond donors (Lipinski definition) is 2. The maximum Gasteiger partial charge on any atom is 0.212 e. The Kier molecular flexibility index (Phi) is 5.60. The highest BCUT2D eigenvalue weighted by atomic mass is 32.2. The molecule has 2 N–H and O–H groups in total. The monoisotopic (exact) mass is 261 g/mol. The molecule has 0 aliphatic rings. The fourth-order valence-corrected chi connectivity index (χ4v) is 2.30. The van der Waals surface area contributed by atoms with Gasteiger partial charge in [-0.15, -0.1) is 0 Å². The van der Waals surface area contributed by atoms with E-state index in [1.54, 1.807) is 13.1 Å². The zero-order valence-corrected chi connectivity index (χ0v) is 11.0. The second kappa shape index (κ2) is 6.73. The summed E-state index contributed by atoms with van der Waals surface area (Å²) in [5.41, 5.74) is 0. The Morgan fingerprint density at radius 3 is 2.82 bits per heavy atom. The maximum absolute atomic E-state index is 11.6. The van der Waals surface area contributed by atoms with Crippen LogP contribution in [0.5, 0.6) is 0 Å². The van der Waals surface area contributed by atoms with Crippen molar-refractivity contribution in [2.24, 2.45) is 0 Å². The van der Waals surface area contributed by atoms with Crippen LogP contribution in [0.25, 0.3) is 0 Å². The Labute approximate surface area is 102 Å². The molecule has 7 heteroatoms. The van der Waals surface area contributed by atoms with Crippen LogP contribution in [0.2, 0.25) is 0 Å². The molecule has 1 aromatic heterocycles. The lowest BCUT2D eigenvalue weighted by atomic mass is 10.5. The highest BCUT2D eigenvalue weighted by Crippen LogP contribution is 2.01. The second-order valence-corrected chi connectivity index (χ2v) is 5.64. The molecule has 6 nitrogen and oxygen atoms in total. The first-order valence-electron chi connectivity index (χ1n) is 5.63. The molecule has 0 amide bonds. The molecule has 0 aliphatic carbocycles. The molecule has 1 aromatic rings. The molecule has 0 atom stereocenters. The van der Waals surface area contributed by atoms with Gasteiger partial charge >= 0.3 is 0 Å². The molecule has 0 bridgehead atoms. The van der Waals surface area contributed by atoms with Crippen LogP contribution in [0.1, 0.15) is 25.0 Å². The standard InChI is InChI=1S/C10H19N3O3S/c1-3-11-5-4-6-17(14,15)13-8-10-12-7-9(2)16-10/h7,11,13H,3-6,8H2,1-2H3. The summed E-state index contributed by atoms with van der Waals surface area (Å²) >= 11 is 0. The lowest BCUT2D eigenvalue weighted by molar-refractivity contribution is 0.463. The van der Waals surface area contributed by atoms with E-state index < -0.39 is 10.0 Å². The normalized spacial score (nSPS) is 11.9. The van der Waals surface area contributed by atoms with E-state index in [1.165, 1.54) is 0 Å². The molecule has 0 saturated carbocycles. The van der Waals surface area contributed by atoms with E-state index in [4.69, 9.17) is 4.42 Å². The van der Waals surface area contributed by atoms with Crippen LogP contribution in [0.15, 0.2) is 10.6 Å². The Morgan fingerprint density at radius 2 is 2.24 bits per heavy atom. The van der Waals surface area contributed by atoms with Gasteiger partial charge in [-0.25, -0.2) is 18.1 Å². The third kappa shape index (κ3) is 5.81. The zero-order valence-electron chi connectivity index (χ0n) is 10.2. The SMILES string of the molecule is CCNCCCS(=O)(=O)NCc1ncc(C)o1. The molecule has 1 rings (SSSR count). The lowest BCUT2D eigenvalue weighted by Crippen LogP contribution is -2.28. The van der Waals surface area contributed by atoms with Crippen LogP contribution < -0.4 is 10.0 Å². The predicted octanol–water partition coefficient (Wildman–Crippen LogP) is 0.402. The number of nitrogens with one attached hydrogen (secondary N) is 2. The third-order valence-electron chi connectivity index (χ3n) is 2.13. The van der Waals surface area contributed by atoms with Crippen LogP contribution in [0, 0.1) is 6.92 Å². The summed E-state index contributed by atoms with van der Waals surface area (Å²) in [7, 11) is -3.24. The Balaban J connectivity index is 2.29. The van der Waals surface area contributed by atoms with E-state index in [2.05, 4.69) is 15.0 Å². The number of oxazole rings is 1. The lowest BCUT2D eigenvalue weighted by Gasteiger charge is -2.05. The molecule has 0 fully saturated rings. The number of aromatic nitrogens is 1. The van der Waals surface area contributed by atoms with Crippen molar-refractivity contribution in [3.63, 3.8) is 0 Å². The molecule has 0 aliphatic heterocycles. The van der Waals surface area contributed by atoms with E-state index in [-0.39, 0.29) is 12.3 Å². The minimum Gasteiger partial charge on any atom is -0.445 e. The maximum atomic E-state index is 11.6. The highest BCUT2D eigenvalue weighted by Gasteiger charge is 2.11. The number of hydrogen-bond acceptors (Lipinski definition) is 5. The number of sulfonamides is 1. The summed E-state index contributed by atoms with van der Waals surface area (Å²) in [5, 5.41) is 3.07. The summed E-state index contributed by atoms with van der Waals surface area (Å²) < 4.78 is 30.8. The van der Waals surface area contributed by atoms with E-state index in [1.807, 2.05) is 6.92 Å². The summed E-state index contributed by atoms with van der Waals surface area (Å²) in [5.74, 6) is 1.17. The third-order valence-corrected chi connectivity index (χ3v) is 3.54. The van der Waals surface area contributed by atoms with E-state index in [0.717, 1.165) is 6.54 Å². The van der Waals surface area contributed by atoms with Gasteiger partial charge in [0.1, 0.15) is 5.76 Å². The molecular weight excluding hydrogens is 242 g/mol. The van der Waals surface area contributed by atoms with Crippen LogP contribution >= 0.6 is 0 Å². The van der Waals surface area contributed by atoms with Gasteiger partial charge < -0.3 is 9.73 Å². The summed E-state index contributed by atoms with van der Waals surface area (Å²) in [4.78, 5) is 3.92. The van der Waals surface area contributed by atoms with Gasteiger partial charge in [0, 0.05) is 0 Å². The van der Waals surface area contributed by atoms with E-state index in [9.17, 15) is 8.42 Å². The Bertz CT molecular complexity index is 428. The van der Waals surface area contributed by atoms with Crippen molar-refractivity contribution < 1.29 is 12.8 Å². The van der Waals surface area contributed by atoms with Gasteiger partial charge in [0.05, 0.1) is 18.5 Å². The van der Waals surface area contributed by atoms with Crippen LogP contribution in [0.4, 0.5) is 0 Å². The summed E-state index contributed by atoms with van der Waals surface area (Å²) in [6.45, 7) is 5.41. The largest absolute Gasteiger partial charge is 0.445 e. The van der Waals surface area contributed by atoms with Gasteiger partial charge in [-0.2, -0.15) is 0 Å². The summed E-state index contributed by atoms with van der Waals surface area (Å²) in [6.07, 6.45) is 2.16. The number of nitrogens with zero attached hydrogens (tertiary/aromatic N) is 1. The number of aryl methyl sites for hydroxylation is 1. The second-order valence-electron chi connectivity index (χ2n) is 3.71. The first kappa shape index (κ1) is 14.1. The fourth-order valence-electron chi connectivity index (χ4n) is 1.29. The van der Waals surface area contributed by atoms with Crippen molar-refractivity contribution in [2.75, 3.05) is 18.8 Å². The minimum absolute atomic E-state index is 0.109. The average Bonchev–Trinajstić information content (AvgIpc) is 2.68. The molecule has 0 aromatic carbocycles. The summed E-state index contributed by atoms with van der Waals surface area (Å²) in [6, 6.07) is 0. The van der Waals surface area contributed by atoms with Gasteiger partial charge in [-0.1, -0.05) is 6.92 Å². The van der Waals surface area contributed by atoms with Gasteiger partial charge in [-0.05, 0) is 26.4 Å². The smallest absolute Gasteiger partial charge is 0.212 e. The van der Waals surface area contributed by atoms with Crippen molar-refractivity contribution >= 4 is 10.0 Å². The first-order chi connectivity index (χ1) is 8.03. The average molecular weight is 261 g/mol. The first-order valence-corrected chi connectivity index (χ1v) is 7.28. The molecule has 0 unspecified atom stereocenters. The van der Waals surface area contributed by atoms with Gasteiger partial charge in [0.2, 0.25) is 15.9 Å². The van der Waals surface area contributed by atoms with Crippen molar-refractivity contribution in [3.05, 3.63) is 17.8 Å². The molecule has 1 heterocycles. The Morgan fingerprint density at radius 1 is 1.47 bits per heavy atom. The Hall–Kier alpha value is -0.920. The quantitative estimate of drug-likeness (QED) is 0.662. The van der Waals surface area contributed by atoms with Gasteiger partial charge in [0.25, 0.3) is 0 Å². The molecule has 17 heavy (non-hydrogen) atoms. The van der Waals surface area contributed by atoms with Crippen molar-refractivity contribution in [3.8, 4) is 0 Å². The predicted molar refractivity (Wildman–Crippen MR) is 65.0 cm³/mol. The molecular formula is C10H19N3O3S. The topological polar surface area (TPSA) is 84.2 Å². The molecule has 0 spiro atoms. The fraction of sp³-hybridized carbons (Fsp3) is 0.700. The van der Waals surface area contributed by atoms with Crippen LogP contribution in [0.3, 0.4) is 0 Å². The van der Waals surface area contributed by atoms with Crippen LogP contribution in [-0.4, -0.2) is 32.2 Å². The van der Waals surface area contributed by atoms with Crippen LogP contribution in [-0.2, 0) is 16.6 Å². The molecule has 98 valence electrons. The van der Waals surface area contributed by atoms with Crippen molar-refractivity contribution in [2.45, 2.75) is 26.8 Å². The van der Waals surface area contributed by atoms with E-state index in [0.29, 0.717) is 24.6 Å². The van der Waals surface area contributed by atoms with E-state index >= 15 is 0 Å². The van der Waals surface area contributed by atoms with Crippen molar-refractivity contribution in [1.29, 1.82) is 0 Å². The molecule has 0 radical (unpaired) electrons. The highest BCUT2D eigenvalue weighted by molar-refractivity contribution is 7.89. The van der Waals surface area contributed by atoms with Gasteiger partial charge in [0.15, 0.2) is 0 Å². The number of rotatable bonds is 8. The minimum atomic E-state index is -3.24. The van der Waals surface area contributed by atoms with Gasteiger partial charge in [-0.3, -0.25) is 0 Å². The zero-order chi connectivity index (χ0) is 12.7. The van der Waals surface area contributed by atoms with Crippen molar-refractivity contribution in [1.82, 2.24) is 15.0 Å². The molecule has 0 saturated heterocycles.